The molecular formula is C23H26FN3O3S. The molecule has 0 fully saturated rings. The number of imidazole rings is 1. The number of nitrogens with zero attached hydrogens (tertiary/aromatic N) is 1. The number of hydrogen-bond acceptors (Lipinski definition) is 4. The molecule has 2 aromatic carbocycles. The van der Waals surface area contributed by atoms with E-state index in [9.17, 15) is 17.6 Å². The van der Waals surface area contributed by atoms with Gasteiger partial charge in [0.2, 0.25) is 10.0 Å². The fourth-order valence-corrected chi connectivity index (χ4v) is 4.58. The van der Waals surface area contributed by atoms with Crippen molar-refractivity contribution < 1.29 is 17.6 Å². The van der Waals surface area contributed by atoms with Crippen molar-refractivity contribution in [2.24, 2.45) is 0 Å². The predicted molar refractivity (Wildman–Crippen MR) is 117 cm³/mol. The minimum atomic E-state index is -3.95. The molecule has 0 bridgehead atoms. The molecule has 0 amide bonds. The van der Waals surface area contributed by atoms with E-state index in [1.165, 1.54) is 18.2 Å². The molecule has 0 aliphatic rings. The number of carbonyl (C=O) groups is 1. The van der Waals surface area contributed by atoms with Gasteiger partial charge in [-0.15, -0.1) is 0 Å². The first kappa shape index (κ1) is 22.8. The number of hydrogen-bond donors (Lipinski definition) is 2. The van der Waals surface area contributed by atoms with Crippen molar-refractivity contribution in [3.05, 3.63) is 72.4 Å². The number of sulfonamides is 1. The van der Waals surface area contributed by atoms with E-state index in [1.54, 1.807) is 13.1 Å². The molecule has 3 aromatic rings. The number of halogens is 1. The first-order valence-electron chi connectivity index (χ1n) is 10.2. The quantitative estimate of drug-likeness (QED) is 0.417. The summed E-state index contributed by atoms with van der Waals surface area (Å²) in [6.45, 7) is 1.56. The van der Waals surface area contributed by atoms with Gasteiger partial charge in [0.05, 0.1) is 22.8 Å². The zero-order valence-corrected chi connectivity index (χ0v) is 18.2. The summed E-state index contributed by atoms with van der Waals surface area (Å²) >= 11 is 0. The number of nitrogens with one attached hydrogen (secondary N) is 2. The van der Waals surface area contributed by atoms with E-state index in [2.05, 4.69) is 14.7 Å². The van der Waals surface area contributed by atoms with E-state index < -0.39 is 21.9 Å². The topological polar surface area (TPSA) is 91.9 Å². The second kappa shape index (κ2) is 10.5. The highest BCUT2D eigenvalue weighted by atomic mass is 32.2. The molecule has 1 heterocycles. The molecule has 0 saturated carbocycles. The average Bonchev–Trinajstić information content (AvgIpc) is 3.23. The van der Waals surface area contributed by atoms with E-state index in [1.807, 2.05) is 30.3 Å². The molecule has 6 nitrogen and oxygen atoms in total. The molecule has 1 atom stereocenters. The van der Waals surface area contributed by atoms with Crippen LogP contribution in [0.5, 0.6) is 0 Å². The molecule has 1 aromatic heterocycles. The predicted octanol–water partition coefficient (Wildman–Crippen LogP) is 4.77. The molecule has 0 spiro atoms. The van der Waals surface area contributed by atoms with Crippen LogP contribution in [0.2, 0.25) is 0 Å². The van der Waals surface area contributed by atoms with E-state index >= 15 is 0 Å². The number of aromatic nitrogens is 2. The normalized spacial score (nSPS) is 12.6. The molecule has 8 heteroatoms. The fourth-order valence-electron chi connectivity index (χ4n) is 3.32. The van der Waals surface area contributed by atoms with Gasteiger partial charge in [0, 0.05) is 6.42 Å². The fraction of sp³-hybridized carbons (Fsp3) is 0.304. The second-order valence-corrected chi connectivity index (χ2v) is 9.19. The van der Waals surface area contributed by atoms with Gasteiger partial charge < -0.3 is 9.78 Å². The number of carbonyl (C=O) groups excluding carboxylic acids is 1. The Morgan fingerprint density at radius 2 is 1.87 bits per heavy atom. The number of Topliss-reactive ketones (excluding diaryl/α,β-unsaturated/α-hetero) is 1. The van der Waals surface area contributed by atoms with Crippen LogP contribution in [0.25, 0.3) is 11.3 Å². The Labute approximate surface area is 182 Å². The summed E-state index contributed by atoms with van der Waals surface area (Å²) in [6.07, 6.45) is 4.94. The lowest BCUT2D eigenvalue weighted by Crippen LogP contribution is -2.29. The van der Waals surface area contributed by atoms with Crippen LogP contribution in [0.4, 0.5) is 4.39 Å². The zero-order chi connectivity index (χ0) is 22.3. The summed E-state index contributed by atoms with van der Waals surface area (Å²) in [5.41, 5.74) is 1.72. The van der Waals surface area contributed by atoms with Gasteiger partial charge in [-0.05, 0) is 43.5 Å². The van der Waals surface area contributed by atoms with Crippen LogP contribution in [-0.4, -0.2) is 24.2 Å². The highest BCUT2D eigenvalue weighted by Crippen LogP contribution is 2.24. The van der Waals surface area contributed by atoms with Gasteiger partial charge in [0.15, 0.2) is 0 Å². The molecule has 31 heavy (non-hydrogen) atoms. The van der Waals surface area contributed by atoms with Crippen molar-refractivity contribution >= 4 is 15.8 Å². The van der Waals surface area contributed by atoms with Crippen LogP contribution in [0.3, 0.4) is 0 Å². The Morgan fingerprint density at radius 3 is 2.58 bits per heavy atom. The Hall–Kier alpha value is -2.84. The van der Waals surface area contributed by atoms with E-state index in [4.69, 9.17) is 0 Å². The maximum Gasteiger partial charge on any atom is 0.241 e. The summed E-state index contributed by atoms with van der Waals surface area (Å²) in [7, 11) is -3.95. The third-order valence-electron chi connectivity index (χ3n) is 4.94. The minimum Gasteiger partial charge on any atom is -0.341 e. The van der Waals surface area contributed by atoms with Crippen molar-refractivity contribution in [3.8, 4) is 11.3 Å². The maximum atomic E-state index is 13.6. The summed E-state index contributed by atoms with van der Waals surface area (Å²) in [4.78, 5) is 18.6. The Balaban J connectivity index is 1.79. The van der Waals surface area contributed by atoms with Crippen LogP contribution in [0.15, 0.2) is 65.7 Å². The van der Waals surface area contributed by atoms with Crippen LogP contribution in [0.1, 0.15) is 50.9 Å². The highest BCUT2D eigenvalue weighted by molar-refractivity contribution is 7.89. The van der Waals surface area contributed by atoms with Gasteiger partial charge in [-0.1, -0.05) is 49.2 Å². The lowest BCUT2D eigenvalue weighted by atomic mass is 10.1. The van der Waals surface area contributed by atoms with Gasteiger partial charge in [0.1, 0.15) is 17.4 Å². The summed E-state index contributed by atoms with van der Waals surface area (Å²) in [5, 5.41) is 0. The van der Waals surface area contributed by atoms with Crippen LogP contribution < -0.4 is 4.72 Å². The van der Waals surface area contributed by atoms with Crippen LogP contribution in [0, 0.1) is 5.82 Å². The summed E-state index contributed by atoms with van der Waals surface area (Å²) in [6, 6.07) is 13.9. The number of benzene rings is 2. The average molecular weight is 444 g/mol. The smallest absolute Gasteiger partial charge is 0.241 e. The number of ketones is 1. The maximum absolute atomic E-state index is 13.6. The molecule has 0 saturated heterocycles. The second-order valence-electron chi connectivity index (χ2n) is 7.48. The molecule has 0 aliphatic carbocycles. The Morgan fingerprint density at radius 1 is 1.10 bits per heavy atom. The Bertz CT molecular complexity index is 1110. The number of H-pyrrole nitrogens is 1. The van der Waals surface area contributed by atoms with Crippen molar-refractivity contribution in [1.29, 1.82) is 0 Å². The molecule has 0 radical (unpaired) electrons. The zero-order valence-electron chi connectivity index (χ0n) is 17.3. The van der Waals surface area contributed by atoms with E-state index in [-0.39, 0.29) is 10.7 Å². The van der Waals surface area contributed by atoms with Gasteiger partial charge in [0.25, 0.3) is 0 Å². The van der Waals surface area contributed by atoms with Gasteiger partial charge in [-0.3, -0.25) is 0 Å². The lowest BCUT2D eigenvalue weighted by Gasteiger charge is -2.17. The third kappa shape index (κ3) is 6.57. The largest absolute Gasteiger partial charge is 0.341 e. The van der Waals surface area contributed by atoms with E-state index in [0.717, 1.165) is 30.2 Å². The summed E-state index contributed by atoms with van der Waals surface area (Å²) < 4.78 is 41.9. The third-order valence-corrected chi connectivity index (χ3v) is 6.41. The lowest BCUT2D eigenvalue weighted by molar-refractivity contribution is -0.117. The molecule has 164 valence electrons. The van der Waals surface area contributed by atoms with Gasteiger partial charge in [-0.25, -0.2) is 22.5 Å². The van der Waals surface area contributed by atoms with Crippen molar-refractivity contribution in [2.45, 2.75) is 50.0 Å². The van der Waals surface area contributed by atoms with Crippen molar-refractivity contribution in [3.63, 3.8) is 0 Å². The minimum absolute atomic E-state index is 0.135. The first-order chi connectivity index (χ1) is 14.8. The molecule has 3 rings (SSSR count). The van der Waals surface area contributed by atoms with Crippen molar-refractivity contribution in [1.82, 2.24) is 14.7 Å². The molecule has 2 N–H and O–H groups in total. The van der Waals surface area contributed by atoms with Gasteiger partial charge in [-0.2, -0.15) is 0 Å². The number of rotatable bonds is 11. The highest BCUT2D eigenvalue weighted by Gasteiger charge is 2.24. The standard InChI is InChI=1S/C23H26FN3O3S/c1-17(28)9-4-2-7-14-21(27-31(29,30)20-13-8-12-19(24)15-20)23-25-16-22(26-23)18-10-5-3-6-11-18/h3,5-6,8,10-13,15-16,21,27H,2,4,7,9,14H2,1H3,(H,25,26)/t21-/m0/s1. The number of unbranched alkanes of at least 4 members (excludes halogenated alkanes) is 2. The summed E-state index contributed by atoms with van der Waals surface area (Å²) in [5.74, 6) is 0.0142. The Kier molecular flexibility index (Phi) is 7.70. The monoisotopic (exact) mass is 443 g/mol. The molecule has 0 aliphatic heterocycles. The van der Waals surface area contributed by atoms with Crippen LogP contribution >= 0.6 is 0 Å². The SMILES string of the molecule is CC(=O)CCCCC[C@H](NS(=O)(=O)c1cccc(F)c1)c1ncc(-c2ccccc2)[nH]1. The molecule has 0 unspecified atom stereocenters. The van der Waals surface area contributed by atoms with E-state index in [0.29, 0.717) is 25.1 Å². The first-order valence-corrected chi connectivity index (χ1v) is 11.7. The molecular weight excluding hydrogens is 417 g/mol. The van der Waals surface area contributed by atoms with Crippen LogP contribution in [-0.2, 0) is 14.8 Å². The number of aromatic amines is 1. The van der Waals surface area contributed by atoms with Gasteiger partial charge >= 0.3 is 0 Å². The van der Waals surface area contributed by atoms with Crippen molar-refractivity contribution in [2.75, 3.05) is 0 Å².